The summed E-state index contributed by atoms with van der Waals surface area (Å²) in [5, 5.41) is 0.330. The third kappa shape index (κ3) is 4.23. The molecule has 0 amide bonds. The van der Waals surface area contributed by atoms with Crippen molar-refractivity contribution in [3.63, 3.8) is 0 Å². The fourth-order valence-corrected chi connectivity index (χ4v) is 3.29. The van der Waals surface area contributed by atoms with E-state index in [1.54, 1.807) is 0 Å². The molecular weight excluding hydrogens is 220 g/mol. The summed E-state index contributed by atoms with van der Waals surface area (Å²) in [6.07, 6.45) is 8.30. The summed E-state index contributed by atoms with van der Waals surface area (Å²) in [6, 6.07) is 0. The molecule has 2 heterocycles. The van der Waals surface area contributed by atoms with Crippen molar-refractivity contribution in [1.82, 2.24) is 9.80 Å². The van der Waals surface area contributed by atoms with Gasteiger partial charge >= 0.3 is 0 Å². The molecule has 3 heteroatoms. The zero-order chi connectivity index (χ0) is 11.2. The van der Waals surface area contributed by atoms with Gasteiger partial charge in [0, 0.05) is 13.1 Å². The average Bonchev–Trinajstić information content (AvgIpc) is 2.31. The maximum absolute atomic E-state index is 6.46. The van der Waals surface area contributed by atoms with Crippen molar-refractivity contribution in [3.8, 4) is 0 Å². The number of alkyl halides is 1. The normalized spacial score (nSPS) is 25.1. The van der Waals surface area contributed by atoms with Gasteiger partial charge in [0.2, 0.25) is 0 Å². The Balaban J connectivity index is 1.64. The third-order valence-corrected chi connectivity index (χ3v) is 4.09. The Labute approximate surface area is 105 Å². The van der Waals surface area contributed by atoms with Crippen LogP contribution in [0.15, 0.2) is 0 Å². The highest BCUT2D eigenvalue weighted by Crippen LogP contribution is 2.14. The Morgan fingerprint density at radius 1 is 0.688 bits per heavy atom. The van der Waals surface area contributed by atoms with Crippen LogP contribution in [0, 0.1) is 0 Å². The smallest absolute Gasteiger partial charge is 0.0590 e. The molecule has 2 aliphatic heterocycles. The Morgan fingerprint density at radius 2 is 1.06 bits per heavy atom. The van der Waals surface area contributed by atoms with Crippen LogP contribution in [0.4, 0.5) is 0 Å². The number of hydrogen-bond acceptors (Lipinski definition) is 2. The standard InChI is InChI=1S/C13H25ClN2/c14-13(11-15-7-3-1-4-8-15)12-16-9-5-2-6-10-16/h13H,1-12H2. The Kier molecular flexibility index (Phi) is 5.40. The molecule has 2 rings (SSSR count). The SMILES string of the molecule is ClC(CN1CCCCC1)CN1CCCCC1. The molecule has 0 bridgehead atoms. The van der Waals surface area contributed by atoms with E-state index in [0.717, 1.165) is 13.1 Å². The molecule has 0 atom stereocenters. The van der Waals surface area contributed by atoms with Gasteiger partial charge in [-0.3, -0.25) is 0 Å². The molecule has 0 spiro atoms. The van der Waals surface area contributed by atoms with Gasteiger partial charge in [0.15, 0.2) is 0 Å². The largest absolute Gasteiger partial charge is 0.302 e. The molecule has 2 aliphatic rings. The van der Waals surface area contributed by atoms with Gasteiger partial charge in [-0.25, -0.2) is 0 Å². The molecular formula is C13H25ClN2. The summed E-state index contributed by atoms with van der Waals surface area (Å²) in [7, 11) is 0. The van der Waals surface area contributed by atoms with Crippen molar-refractivity contribution in [2.45, 2.75) is 43.9 Å². The maximum atomic E-state index is 6.46. The second-order valence-corrected chi connectivity index (χ2v) is 5.94. The molecule has 0 unspecified atom stereocenters. The Hall–Kier alpha value is 0.210. The van der Waals surface area contributed by atoms with Crippen LogP contribution in [0.2, 0.25) is 0 Å². The van der Waals surface area contributed by atoms with Crippen molar-refractivity contribution >= 4 is 11.6 Å². The average molecular weight is 245 g/mol. The monoisotopic (exact) mass is 244 g/mol. The van der Waals surface area contributed by atoms with Crippen LogP contribution in [0.25, 0.3) is 0 Å². The minimum Gasteiger partial charge on any atom is -0.302 e. The van der Waals surface area contributed by atoms with E-state index >= 15 is 0 Å². The summed E-state index contributed by atoms with van der Waals surface area (Å²) < 4.78 is 0. The topological polar surface area (TPSA) is 6.48 Å². The first-order valence-electron chi connectivity index (χ1n) is 6.93. The fourth-order valence-electron chi connectivity index (χ4n) is 2.90. The number of piperidine rings is 2. The van der Waals surface area contributed by atoms with E-state index in [-0.39, 0.29) is 0 Å². The minimum absolute atomic E-state index is 0.330. The summed E-state index contributed by atoms with van der Waals surface area (Å²) in [5.41, 5.74) is 0. The van der Waals surface area contributed by atoms with E-state index in [2.05, 4.69) is 9.80 Å². The quantitative estimate of drug-likeness (QED) is 0.702. The van der Waals surface area contributed by atoms with Crippen molar-refractivity contribution in [2.24, 2.45) is 0 Å². The van der Waals surface area contributed by atoms with Crippen LogP contribution in [-0.2, 0) is 0 Å². The van der Waals surface area contributed by atoms with Crippen molar-refractivity contribution in [2.75, 3.05) is 39.3 Å². The highest BCUT2D eigenvalue weighted by atomic mass is 35.5. The van der Waals surface area contributed by atoms with E-state index < -0.39 is 0 Å². The van der Waals surface area contributed by atoms with Crippen molar-refractivity contribution in [1.29, 1.82) is 0 Å². The summed E-state index contributed by atoms with van der Waals surface area (Å²) in [6.45, 7) is 7.26. The van der Waals surface area contributed by atoms with Gasteiger partial charge in [0.25, 0.3) is 0 Å². The van der Waals surface area contributed by atoms with Crippen LogP contribution < -0.4 is 0 Å². The van der Waals surface area contributed by atoms with E-state index in [1.165, 1.54) is 64.7 Å². The minimum atomic E-state index is 0.330. The maximum Gasteiger partial charge on any atom is 0.0590 e. The predicted molar refractivity (Wildman–Crippen MR) is 70.2 cm³/mol. The second-order valence-electron chi connectivity index (χ2n) is 5.32. The fraction of sp³-hybridized carbons (Fsp3) is 1.00. The summed E-state index contributed by atoms with van der Waals surface area (Å²) in [4.78, 5) is 5.09. The van der Waals surface area contributed by atoms with E-state index in [9.17, 15) is 0 Å². The predicted octanol–water partition coefficient (Wildman–Crippen LogP) is 2.57. The molecule has 94 valence electrons. The lowest BCUT2D eigenvalue weighted by molar-refractivity contribution is 0.191. The lowest BCUT2D eigenvalue weighted by atomic mass is 10.1. The second kappa shape index (κ2) is 6.83. The molecule has 0 N–H and O–H groups in total. The molecule has 0 radical (unpaired) electrons. The van der Waals surface area contributed by atoms with Gasteiger partial charge in [0.05, 0.1) is 5.38 Å². The van der Waals surface area contributed by atoms with E-state index in [1.807, 2.05) is 0 Å². The van der Waals surface area contributed by atoms with Crippen LogP contribution in [0.3, 0.4) is 0 Å². The molecule has 2 fully saturated rings. The highest BCUT2D eigenvalue weighted by molar-refractivity contribution is 6.21. The first-order chi connectivity index (χ1) is 7.84. The highest BCUT2D eigenvalue weighted by Gasteiger charge is 2.18. The first-order valence-corrected chi connectivity index (χ1v) is 7.37. The lowest BCUT2D eigenvalue weighted by Gasteiger charge is -2.32. The van der Waals surface area contributed by atoms with Crippen molar-refractivity contribution in [3.05, 3.63) is 0 Å². The Bertz CT molecular complexity index is 166. The number of hydrogen-bond donors (Lipinski definition) is 0. The van der Waals surface area contributed by atoms with Crippen LogP contribution in [0.1, 0.15) is 38.5 Å². The molecule has 0 aromatic carbocycles. The number of halogens is 1. The van der Waals surface area contributed by atoms with Crippen LogP contribution in [-0.4, -0.2) is 54.4 Å². The van der Waals surface area contributed by atoms with Crippen LogP contribution >= 0.6 is 11.6 Å². The number of likely N-dealkylation sites (tertiary alicyclic amines) is 2. The molecule has 0 saturated carbocycles. The van der Waals surface area contributed by atoms with Gasteiger partial charge in [-0.15, -0.1) is 11.6 Å². The van der Waals surface area contributed by atoms with Gasteiger partial charge in [-0.2, -0.15) is 0 Å². The molecule has 2 saturated heterocycles. The third-order valence-electron chi connectivity index (χ3n) is 3.81. The zero-order valence-corrected chi connectivity index (χ0v) is 11.1. The van der Waals surface area contributed by atoms with Gasteiger partial charge < -0.3 is 9.80 Å². The van der Waals surface area contributed by atoms with Gasteiger partial charge in [-0.05, 0) is 51.9 Å². The molecule has 0 aromatic heterocycles. The molecule has 0 aromatic rings. The van der Waals surface area contributed by atoms with E-state index in [4.69, 9.17) is 11.6 Å². The van der Waals surface area contributed by atoms with Gasteiger partial charge in [0.1, 0.15) is 0 Å². The van der Waals surface area contributed by atoms with Crippen LogP contribution in [0.5, 0.6) is 0 Å². The number of nitrogens with zero attached hydrogens (tertiary/aromatic N) is 2. The molecule has 2 nitrogen and oxygen atoms in total. The summed E-state index contributed by atoms with van der Waals surface area (Å²) >= 11 is 6.46. The lowest BCUT2D eigenvalue weighted by Crippen LogP contribution is -2.41. The Morgan fingerprint density at radius 3 is 1.44 bits per heavy atom. The molecule has 0 aliphatic carbocycles. The zero-order valence-electron chi connectivity index (χ0n) is 10.3. The molecule has 16 heavy (non-hydrogen) atoms. The summed E-state index contributed by atoms with van der Waals surface area (Å²) in [5.74, 6) is 0. The number of rotatable bonds is 4. The first kappa shape index (κ1) is 12.7. The van der Waals surface area contributed by atoms with Gasteiger partial charge in [-0.1, -0.05) is 12.8 Å². The van der Waals surface area contributed by atoms with Crippen molar-refractivity contribution < 1.29 is 0 Å². The van der Waals surface area contributed by atoms with E-state index in [0.29, 0.717) is 5.38 Å².